The molecule has 1 rings (SSSR count). The van der Waals surface area contributed by atoms with E-state index in [4.69, 9.17) is 15.3 Å². The van der Waals surface area contributed by atoms with Crippen molar-refractivity contribution in [1.29, 1.82) is 0 Å². The van der Waals surface area contributed by atoms with Gasteiger partial charge in [0.1, 0.15) is 0 Å². The van der Waals surface area contributed by atoms with Crippen LogP contribution in [0.2, 0.25) is 0 Å². The maximum Gasteiger partial charge on any atom is 0.328 e. The molecule has 0 aliphatic rings. The largest absolute Gasteiger partial charge is 0.480 e. The van der Waals surface area contributed by atoms with Crippen LogP contribution < -0.4 is 0 Å². The van der Waals surface area contributed by atoms with Gasteiger partial charge in [-0.3, -0.25) is 9.59 Å². The van der Waals surface area contributed by atoms with E-state index in [1.165, 1.54) is 24.3 Å². The number of hydrogen-bond acceptors (Lipinski definition) is 3. The molecule has 0 bridgehead atoms. The fourth-order valence-corrected chi connectivity index (χ4v) is 1.29. The zero-order valence-corrected chi connectivity index (χ0v) is 7.75. The summed E-state index contributed by atoms with van der Waals surface area (Å²) in [5.74, 6) is -3.16. The van der Waals surface area contributed by atoms with E-state index in [1.807, 2.05) is 0 Å². The molecule has 0 aliphatic heterocycles. The molecule has 0 saturated carbocycles. The first-order valence-corrected chi connectivity index (χ1v) is 4.19. The Balaban J connectivity index is 3.35. The number of hydrogen-bond donors (Lipinski definition) is 3. The van der Waals surface area contributed by atoms with Crippen LogP contribution in [0.3, 0.4) is 0 Å². The molecular formula is C10H10O5. The minimum Gasteiger partial charge on any atom is -0.480 e. The van der Waals surface area contributed by atoms with Gasteiger partial charge in [-0.15, -0.1) is 0 Å². The van der Waals surface area contributed by atoms with Crippen molar-refractivity contribution in [2.75, 3.05) is 6.61 Å². The minimum atomic E-state index is -2.28. The predicted molar refractivity (Wildman–Crippen MR) is 50.5 cm³/mol. The maximum atomic E-state index is 11.0. The molecule has 15 heavy (non-hydrogen) atoms. The molecule has 0 heterocycles. The van der Waals surface area contributed by atoms with Crippen molar-refractivity contribution in [3.8, 4) is 0 Å². The standard InChI is InChI=1S/C10H10O5/c11-6-10(8(12)13,9(14)15)7-4-2-1-3-5-7/h1-5,11H,6H2,(H,12,13)(H,14,15). The van der Waals surface area contributed by atoms with Crippen molar-refractivity contribution in [1.82, 2.24) is 0 Å². The molecule has 0 atom stereocenters. The molecule has 5 nitrogen and oxygen atoms in total. The minimum absolute atomic E-state index is 0.0486. The number of aliphatic hydroxyl groups excluding tert-OH is 1. The van der Waals surface area contributed by atoms with Crippen molar-refractivity contribution >= 4 is 11.9 Å². The van der Waals surface area contributed by atoms with Gasteiger partial charge in [-0.2, -0.15) is 0 Å². The summed E-state index contributed by atoms with van der Waals surface area (Å²) >= 11 is 0. The second-order valence-electron chi connectivity index (χ2n) is 3.04. The van der Waals surface area contributed by atoms with Crippen LogP contribution in [-0.4, -0.2) is 33.9 Å². The van der Waals surface area contributed by atoms with Crippen molar-refractivity contribution in [2.45, 2.75) is 5.41 Å². The monoisotopic (exact) mass is 210 g/mol. The molecule has 1 aromatic rings. The maximum absolute atomic E-state index is 11.0. The van der Waals surface area contributed by atoms with E-state index in [0.29, 0.717) is 0 Å². The summed E-state index contributed by atoms with van der Waals surface area (Å²) in [6.07, 6.45) is 0. The molecule has 0 saturated heterocycles. The van der Waals surface area contributed by atoms with Crippen LogP contribution in [-0.2, 0) is 15.0 Å². The summed E-state index contributed by atoms with van der Waals surface area (Å²) < 4.78 is 0. The highest BCUT2D eigenvalue weighted by Crippen LogP contribution is 2.24. The molecule has 0 amide bonds. The van der Waals surface area contributed by atoms with Gasteiger partial charge in [-0.25, -0.2) is 0 Å². The second-order valence-corrected chi connectivity index (χ2v) is 3.04. The van der Waals surface area contributed by atoms with Crippen molar-refractivity contribution in [2.24, 2.45) is 0 Å². The number of aliphatic hydroxyl groups is 1. The Morgan fingerprint density at radius 1 is 1.07 bits per heavy atom. The van der Waals surface area contributed by atoms with E-state index in [-0.39, 0.29) is 5.56 Å². The summed E-state index contributed by atoms with van der Waals surface area (Å²) in [7, 11) is 0. The number of rotatable bonds is 4. The Morgan fingerprint density at radius 2 is 1.53 bits per heavy atom. The quantitative estimate of drug-likeness (QED) is 0.612. The topological polar surface area (TPSA) is 94.8 Å². The third kappa shape index (κ3) is 1.69. The first kappa shape index (κ1) is 11.2. The summed E-state index contributed by atoms with van der Waals surface area (Å²) in [6.45, 7) is -0.984. The molecule has 0 aromatic heterocycles. The van der Waals surface area contributed by atoms with Crippen LogP contribution in [0.5, 0.6) is 0 Å². The summed E-state index contributed by atoms with van der Waals surface area (Å²) in [4.78, 5) is 21.9. The van der Waals surface area contributed by atoms with Crippen molar-refractivity contribution in [3.05, 3.63) is 35.9 Å². The predicted octanol–water partition coefficient (Wildman–Crippen LogP) is 0.0859. The van der Waals surface area contributed by atoms with Crippen LogP contribution in [0.4, 0.5) is 0 Å². The van der Waals surface area contributed by atoms with E-state index in [9.17, 15) is 9.59 Å². The zero-order valence-electron chi connectivity index (χ0n) is 7.75. The molecule has 0 radical (unpaired) electrons. The lowest BCUT2D eigenvalue weighted by atomic mass is 9.81. The van der Waals surface area contributed by atoms with E-state index < -0.39 is 24.0 Å². The molecular weight excluding hydrogens is 200 g/mol. The van der Waals surface area contributed by atoms with Gasteiger partial charge in [0.05, 0.1) is 6.61 Å². The third-order valence-corrected chi connectivity index (χ3v) is 2.23. The fourth-order valence-electron chi connectivity index (χ4n) is 1.29. The Morgan fingerprint density at radius 3 is 1.87 bits per heavy atom. The average molecular weight is 210 g/mol. The molecule has 0 fully saturated rings. The zero-order chi connectivity index (χ0) is 11.5. The van der Waals surface area contributed by atoms with E-state index in [1.54, 1.807) is 6.07 Å². The number of carbonyl (C=O) groups is 2. The first-order chi connectivity index (χ1) is 7.05. The smallest absolute Gasteiger partial charge is 0.328 e. The van der Waals surface area contributed by atoms with Crippen LogP contribution in [0.25, 0.3) is 0 Å². The molecule has 80 valence electrons. The average Bonchev–Trinajstić information content (AvgIpc) is 2.20. The summed E-state index contributed by atoms with van der Waals surface area (Å²) in [6, 6.07) is 7.39. The third-order valence-electron chi connectivity index (χ3n) is 2.23. The highest BCUT2D eigenvalue weighted by atomic mass is 16.4. The molecule has 1 aromatic carbocycles. The highest BCUT2D eigenvalue weighted by Gasteiger charge is 2.47. The van der Waals surface area contributed by atoms with Crippen molar-refractivity contribution < 1.29 is 24.9 Å². The number of aliphatic carboxylic acids is 2. The van der Waals surface area contributed by atoms with Gasteiger partial charge in [0, 0.05) is 0 Å². The molecule has 0 aliphatic carbocycles. The summed E-state index contributed by atoms with van der Waals surface area (Å²) in [5.41, 5.74) is -2.23. The molecule has 0 unspecified atom stereocenters. The fraction of sp³-hybridized carbons (Fsp3) is 0.200. The molecule has 5 heteroatoms. The van der Waals surface area contributed by atoms with Gasteiger partial charge in [-0.05, 0) is 5.56 Å². The number of carboxylic acids is 2. The van der Waals surface area contributed by atoms with Gasteiger partial charge in [0.15, 0.2) is 0 Å². The van der Waals surface area contributed by atoms with Crippen LogP contribution >= 0.6 is 0 Å². The van der Waals surface area contributed by atoms with E-state index >= 15 is 0 Å². The van der Waals surface area contributed by atoms with Gasteiger partial charge < -0.3 is 15.3 Å². The van der Waals surface area contributed by atoms with Gasteiger partial charge >= 0.3 is 11.9 Å². The lowest BCUT2D eigenvalue weighted by Crippen LogP contribution is -2.47. The lowest BCUT2D eigenvalue weighted by molar-refractivity contribution is -0.159. The Labute approximate surface area is 85.6 Å². The second kappa shape index (κ2) is 4.10. The lowest BCUT2D eigenvalue weighted by Gasteiger charge is -2.22. The van der Waals surface area contributed by atoms with E-state index in [0.717, 1.165) is 0 Å². The van der Waals surface area contributed by atoms with Crippen LogP contribution in [0.15, 0.2) is 30.3 Å². The normalized spacial score (nSPS) is 11.0. The Kier molecular flexibility index (Phi) is 3.06. The SMILES string of the molecule is O=C(O)C(CO)(C(=O)O)c1ccccc1. The van der Waals surface area contributed by atoms with Gasteiger partial charge in [-0.1, -0.05) is 30.3 Å². The van der Waals surface area contributed by atoms with Gasteiger partial charge in [0.25, 0.3) is 0 Å². The number of benzene rings is 1. The van der Waals surface area contributed by atoms with Crippen LogP contribution in [0, 0.1) is 0 Å². The van der Waals surface area contributed by atoms with Crippen molar-refractivity contribution in [3.63, 3.8) is 0 Å². The molecule has 0 spiro atoms. The molecule has 3 N–H and O–H groups in total. The Bertz CT molecular complexity index is 357. The Hall–Kier alpha value is -1.88. The summed E-state index contributed by atoms with van der Waals surface area (Å²) in [5, 5.41) is 26.8. The first-order valence-electron chi connectivity index (χ1n) is 4.19. The van der Waals surface area contributed by atoms with E-state index in [2.05, 4.69) is 0 Å². The van der Waals surface area contributed by atoms with Crippen LogP contribution in [0.1, 0.15) is 5.56 Å². The highest BCUT2D eigenvalue weighted by molar-refractivity contribution is 6.04. The number of carboxylic acid groups (broad SMARTS) is 2. The van der Waals surface area contributed by atoms with Gasteiger partial charge in [0.2, 0.25) is 5.41 Å².